The van der Waals surface area contributed by atoms with Crippen molar-refractivity contribution in [1.29, 1.82) is 0 Å². The van der Waals surface area contributed by atoms with Crippen LogP contribution in [0.4, 0.5) is 0 Å². The van der Waals surface area contributed by atoms with E-state index in [0.717, 1.165) is 10.5 Å². The van der Waals surface area contributed by atoms with Gasteiger partial charge < -0.3 is 15.8 Å². The molecular weight excluding hydrogens is 248 g/mol. The minimum atomic E-state index is -0.130. The lowest BCUT2D eigenvalue weighted by Crippen LogP contribution is -2.33. The molecule has 0 radical (unpaired) electrons. The van der Waals surface area contributed by atoms with Crippen LogP contribution in [0.3, 0.4) is 0 Å². The molecule has 100 valence electrons. The van der Waals surface area contributed by atoms with Gasteiger partial charge in [-0.2, -0.15) is 0 Å². The summed E-state index contributed by atoms with van der Waals surface area (Å²) in [7, 11) is 1.61. The van der Waals surface area contributed by atoms with Gasteiger partial charge in [0.2, 0.25) is 5.91 Å². The second kappa shape index (κ2) is 8.13. The third-order valence-electron chi connectivity index (χ3n) is 2.42. The molecule has 0 saturated carbocycles. The van der Waals surface area contributed by atoms with Crippen LogP contribution < -0.4 is 11.1 Å². The van der Waals surface area contributed by atoms with Gasteiger partial charge >= 0.3 is 0 Å². The number of amides is 1. The van der Waals surface area contributed by atoms with Gasteiger partial charge in [-0.15, -0.1) is 11.8 Å². The first-order chi connectivity index (χ1) is 8.67. The maximum atomic E-state index is 11.8. The van der Waals surface area contributed by atoms with Gasteiger partial charge in [-0.05, 0) is 24.6 Å². The number of carbonyl (C=O) groups excluding carboxylic acids is 1. The lowest BCUT2D eigenvalue weighted by atomic mass is 10.2. The van der Waals surface area contributed by atoms with Crippen molar-refractivity contribution in [2.45, 2.75) is 23.6 Å². The molecule has 1 unspecified atom stereocenters. The molecule has 0 aliphatic heterocycles. The molecule has 0 aliphatic carbocycles. The van der Waals surface area contributed by atoms with E-state index in [4.69, 9.17) is 10.5 Å². The summed E-state index contributed by atoms with van der Waals surface area (Å²) in [5.74, 6) is 0.0233. The number of nitrogens with two attached hydrogens (primary N) is 1. The Morgan fingerprint density at radius 1 is 1.56 bits per heavy atom. The van der Waals surface area contributed by atoms with Gasteiger partial charge in [0.05, 0.1) is 11.9 Å². The summed E-state index contributed by atoms with van der Waals surface area (Å²) in [5, 5.41) is 2.69. The number of benzene rings is 1. The molecule has 0 fully saturated rings. The highest BCUT2D eigenvalue weighted by atomic mass is 32.2. The molecule has 1 aromatic carbocycles. The summed E-state index contributed by atoms with van der Waals surface area (Å²) in [6.45, 7) is 3.49. The fourth-order valence-electron chi connectivity index (χ4n) is 1.42. The Bertz CT molecular complexity index is 385. The molecule has 0 saturated heterocycles. The van der Waals surface area contributed by atoms with Crippen LogP contribution in [-0.2, 0) is 16.1 Å². The summed E-state index contributed by atoms with van der Waals surface area (Å²) < 4.78 is 4.89. The summed E-state index contributed by atoms with van der Waals surface area (Å²) in [6.07, 6.45) is 0. The van der Waals surface area contributed by atoms with E-state index in [1.165, 1.54) is 11.8 Å². The zero-order valence-corrected chi connectivity index (χ0v) is 11.6. The fourth-order valence-corrected chi connectivity index (χ4v) is 2.40. The van der Waals surface area contributed by atoms with Crippen LogP contribution in [0.1, 0.15) is 12.5 Å². The molecular formula is C13H20N2O2S. The number of hydrogen-bond donors (Lipinski definition) is 2. The molecule has 0 aliphatic rings. The molecule has 1 amide bonds. The monoisotopic (exact) mass is 268 g/mol. The van der Waals surface area contributed by atoms with Crippen molar-refractivity contribution in [2.24, 2.45) is 5.73 Å². The highest BCUT2D eigenvalue weighted by molar-refractivity contribution is 8.00. The molecule has 0 aromatic heterocycles. The van der Waals surface area contributed by atoms with Crippen LogP contribution in [0.5, 0.6) is 0 Å². The zero-order valence-electron chi connectivity index (χ0n) is 10.8. The van der Waals surface area contributed by atoms with Crippen LogP contribution in [0.25, 0.3) is 0 Å². The molecule has 5 heteroatoms. The van der Waals surface area contributed by atoms with Crippen molar-refractivity contribution < 1.29 is 9.53 Å². The number of ether oxygens (including phenoxy) is 1. The predicted molar refractivity (Wildman–Crippen MR) is 74.5 cm³/mol. The Kier molecular flexibility index (Phi) is 6.78. The van der Waals surface area contributed by atoms with Gasteiger partial charge in [0.15, 0.2) is 0 Å². The lowest BCUT2D eigenvalue weighted by molar-refractivity contribution is -0.120. The Morgan fingerprint density at radius 3 is 3.00 bits per heavy atom. The molecule has 1 atom stereocenters. The number of nitrogens with one attached hydrogen (secondary N) is 1. The van der Waals surface area contributed by atoms with Crippen LogP contribution in [0.15, 0.2) is 29.2 Å². The van der Waals surface area contributed by atoms with E-state index in [9.17, 15) is 4.79 Å². The topological polar surface area (TPSA) is 64.3 Å². The maximum absolute atomic E-state index is 11.8. The van der Waals surface area contributed by atoms with E-state index in [-0.39, 0.29) is 11.2 Å². The summed E-state index contributed by atoms with van der Waals surface area (Å²) in [6, 6.07) is 7.94. The van der Waals surface area contributed by atoms with E-state index in [1.54, 1.807) is 7.11 Å². The third kappa shape index (κ3) is 5.08. The first-order valence-electron chi connectivity index (χ1n) is 5.89. The lowest BCUT2D eigenvalue weighted by Gasteiger charge is -2.12. The number of methoxy groups -OCH3 is 1. The maximum Gasteiger partial charge on any atom is 0.233 e. The molecule has 3 N–H and O–H groups in total. The number of hydrogen-bond acceptors (Lipinski definition) is 4. The SMILES string of the molecule is COCCNC(=O)C(C)Sc1cccc(CN)c1. The summed E-state index contributed by atoms with van der Waals surface area (Å²) in [4.78, 5) is 12.8. The van der Waals surface area contributed by atoms with E-state index in [2.05, 4.69) is 5.32 Å². The van der Waals surface area contributed by atoms with Crippen molar-refractivity contribution >= 4 is 17.7 Å². The fraction of sp³-hybridized carbons (Fsp3) is 0.462. The van der Waals surface area contributed by atoms with Crippen LogP contribution in [-0.4, -0.2) is 31.4 Å². The molecule has 18 heavy (non-hydrogen) atoms. The van der Waals surface area contributed by atoms with Gasteiger partial charge in [0.25, 0.3) is 0 Å². The Labute approximate surface area is 112 Å². The minimum Gasteiger partial charge on any atom is -0.383 e. The standard InChI is InChI=1S/C13H20N2O2S/c1-10(13(16)15-6-7-17-2)18-12-5-3-4-11(8-12)9-14/h3-5,8,10H,6-7,9,14H2,1-2H3,(H,15,16). The van der Waals surface area contributed by atoms with Crippen LogP contribution in [0.2, 0.25) is 0 Å². The number of rotatable bonds is 7. The highest BCUT2D eigenvalue weighted by Crippen LogP contribution is 2.23. The van der Waals surface area contributed by atoms with E-state index in [1.807, 2.05) is 31.2 Å². The van der Waals surface area contributed by atoms with Crippen molar-refractivity contribution in [3.05, 3.63) is 29.8 Å². The summed E-state index contributed by atoms with van der Waals surface area (Å²) in [5.41, 5.74) is 6.66. The minimum absolute atomic E-state index is 0.0233. The quantitative estimate of drug-likeness (QED) is 0.579. The smallest absolute Gasteiger partial charge is 0.233 e. The second-order valence-corrected chi connectivity index (χ2v) is 5.31. The second-order valence-electron chi connectivity index (χ2n) is 3.90. The highest BCUT2D eigenvalue weighted by Gasteiger charge is 2.13. The average Bonchev–Trinajstić information content (AvgIpc) is 2.39. The zero-order chi connectivity index (χ0) is 13.4. The number of carbonyl (C=O) groups is 1. The van der Waals surface area contributed by atoms with Gasteiger partial charge in [0.1, 0.15) is 0 Å². The number of thioether (sulfide) groups is 1. The predicted octanol–water partition coefficient (Wildman–Crippen LogP) is 1.39. The molecule has 1 aromatic rings. The molecule has 4 nitrogen and oxygen atoms in total. The molecule has 0 spiro atoms. The average molecular weight is 268 g/mol. The normalized spacial score (nSPS) is 12.2. The van der Waals surface area contributed by atoms with Crippen molar-refractivity contribution in [3.8, 4) is 0 Å². The van der Waals surface area contributed by atoms with Gasteiger partial charge in [-0.3, -0.25) is 4.79 Å². The third-order valence-corrected chi connectivity index (χ3v) is 3.52. The molecule has 0 bridgehead atoms. The van der Waals surface area contributed by atoms with Crippen LogP contribution in [0, 0.1) is 0 Å². The molecule has 0 heterocycles. The van der Waals surface area contributed by atoms with Crippen molar-refractivity contribution in [3.63, 3.8) is 0 Å². The van der Waals surface area contributed by atoms with E-state index in [0.29, 0.717) is 19.7 Å². The van der Waals surface area contributed by atoms with Gasteiger partial charge in [0, 0.05) is 25.1 Å². The Morgan fingerprint density at radius 2 is 2.33 bits per heavy atom. The summed E-state index contributed by atoms with van der Waals surface area (Å²) >= 11 is 1.53. The van der Waals surface area contributed by atoms with Crippen molar-refractivity contribution in [1.82, 2.24) is 5.32 Å². The molecule has 1 rings (SSSR count). The first-order valence-corrected chi connectivity index (χ1v) is 6.77. The van der Waals surface area contributed by atoms with Crippen LogP contribution >= 0.6 is 11.8 Å². The first kappa shape index (κ1) is 15.0. The Hall–Kier alpha value is -1.04. The van der Waals surface area contributed by atoms with Gasteiger partial charge in [-0.25, -0.2) is 0 Å². The largest absolute Gasteiger partial charge is 0.383 e. The van der Waals surface area contributed by atoms with E-state index < -0.39 is 0 Å². The van der Waals surface area contributed by atoms with Gasteiger partial charge in [-0.1, -0.05) is 12.1 Å². The van der Waals surface area contributed by atoms with E-state index >= 15 is 0 Å². The van der Waals surface area contributed by atoms with Crippen molar-refractivity contribution in [2.75, 3.05) is 20.3 Å². The Balaban J connectivity index is 2.47.